The minimum atomic E-state index is -1.000. The van der Waals surface area contributed by atoms with Crippen LogP contribution in [-0.2, 0) is 10.5 Å². The molecule has 30 heavy (non-hydrogen) atoms. The molecule has 6 nitrogen and oxygen atoms in total. The van der Waals surface area contributed by atoms with E-state index in [2.05, 4.69) is 11.1 Å². The first-order chi connectivity index (χ1) is 14.1. The highest BCUT2D eigenvalue weighted by atomic mass is 35.5. The fourth-order valence-corrected chi connectivity index (χ4v) is 4.03. The van der Waals surface area contributed by atoms with Crippen molar-refractivity contribution in [2.45, 2.75) is 57.8 Å². The van der Waals surface area contributed by atoms with Crippen LogP contribution in [0.3, 0.4) is 0 Å². The number of hydrogen-bond donors (Lipinski definition) is 0. The zero-order valence-electron chi connectivity index (χ0n) is 17.8. The fraction of sp³-hybridized carbons (Fsp3) is 0.478. The van der Waals surface area contributed by atoms with Gasteiger partial charge in [0.25, 0.3) is 5.79 Å². The average molecular weight is 431 g/mol. The van der Waals surface area contributed by atoms with Gasteiger partial charge in [-0.15, -0.1) is 0 Å². The van der Waals surface area contributed by atoms with Crippen LogP contribution < -0.4 is 9.47 Å². The molecule has 1 saturated heterocycles. The van der Waals surface area contributed by atoms with E-state index in [9.17, 15) is 4.79 Å². The molecular formula is C23H27ClN2O4. The normalized spacial score (nSPS) is 21.6. The molecule has 160 valence electrons. The maximum atomic E-state index is 12.4. The summed E-state index contributed by atoms with van der Waals surface area (Å²) in [6.45, 7) is 8.82. The highest BCUT2D eigenvalue weighted by Crippen LogP contribution is 2.49. The van der Waals surface area contributed by atoms with Crippen molar-refractivity contribution in [3.8, 4) is 11.5 Å². The van der Waals surface area contributed by atoms with Crippen LogP contribution in [-0.4, -0.2) is 34.7 Å². The van der Waals surface area contributed by atoms with E-state index < -0.39 is 11.4 Å². The van der Waals surface area contributed by atoms with Gasteiger partial charge < -0.3 is 19.1 Å². The Morgan fingerprint density at radius 1 is 1.20 bits per heavy atom. The average Bonchev–Trinajstić information content (AvgIpc) is 3.04. The summed E-state index contributed by atoms with van der Waals surface area (Å²) in [6, 6.07) is 9.57. The summed E-state index contributed by atoms with van der Waals surface area (Å²) >= 11 is 5.97. The van der Waals surface area contributed by atoms with E-state index in [1.807, 2.05) is 45.9 Å². The summed E-state index contributed by atoms with van der Waals surface area (Å²) in [5, 5.41) is 0.565. The fourth-order valence-electron chi connectivity index (χ4n) is 3.92. The Hall–Kier alpha value is -2.47. The number of fused-ring (bicyclic) bond motifs is 1. The van der Waals surface area contributed by atoms with Gasteiger partial charge in [0.15, 0.2) is 11.5 Å². The van der Waals surface area contributed by atoms with Gasteiger partial charge >= 0.3 is 6.09 Å². The second kappa shape index (κ2) is 7.65. The van der Waals surface area contributed by atoms with Gasteiger partial charge in [-0.1, -0.05) is 23.7 Å². The van der Waals surface area contributed by atoms with Crippen LogP contribution >= 0.6 is 11.6 Å². The molecule has 2 aromatic rings. The van der Waals surface area contributed by atoms with Crippen molar-refractivity contribution in [2.24, 2.45) is 0 Å². The Balaban J connectivity index is 1.48. The summed E-state index contributed by atoms with van der Waals surface area (Å²) in [7, 11) is 0. The lowest BCUT2D eigenvalue weighted by atomic mass is 9.89. The standard InChI is InChI=1S/C23H27ClN2O4/c1-22(2,3)30-21(27)26-12-10-15(11-13-26)17-6-5-7-18-20(17)29-23(4,28-18)19-9-8-16(24)14-25-19/h5-9,14-15H,10-13H2,1-4H3/t23-/m1/s1. The second-order valence-electron chi connectivity index (χ2n) is 8.93. The molecule has 1 atom stereocenters. The maximum Gasteiger partial charge on any atom is 0.410 e. The maximum absolute atomic E-state index is 12.4. The number of nitrogens with zero attached hydrogens (tertiary/aromatic N) is 2. The SMILES string of the molecule is CC(C)(C)OC(=O)N1CCC(c2cccc3c2O[C@](C)(c2ccc(Cl)cn2)O3)CC1. The van der Waals surface area contributed by atoms with Gasteiger partial charge in [0.1, 0.15) is 11.3 Å². The number of para-hydroxylation sites is 1. The Labute approximate surface area is 182 Å². The van der Waals surface area contributed by atoms with Crippen molar-refractivity contribution in [1.29, 1.82) is 0 Å². The number of likely N-dealkylation sites (tertiary alicyclic amines) is 1. The molecule has 0 saturated carbocycles. The van der Waals surface area contributed by atoms with Crippen LogP contribution in [0.2, 0.25) is 5.02 Å². The molecule has 1 amide bonds. The van der Waals surface area contributed by atoms with Crippen LogP contribution in [0.25, 0.3) is 0 Å². The van der Waals surface area contributed by atoms with E-state index in [1.165, 1.54) is 0 Å². The molecule has 0 aliphatic carbocycles. The third-order valence-corrected chi connectivity index (χ3v) is 5.61. The number of carbonyl (C=O) groups excluding carboxylic acids is 1. The monoisotopic (exact) mass is 430 g/mol. The minimum Gasteiger partial charge on any atom is -0.444 e. The first kappa shape index (κ1) is 20.8. The topological polar surface area (TPSA) is 60.9 Å². The van der Waals surface area contributed by atoms with Crippen molar-refractivity contribution in [3.63, 3.8) is 0 Å². The molecular weight excluding hydrogens is 404 g/mol. The molecule has 4 rings (SSSR count). The van der Waals surface area contributed by atoms with Crippen LogP contribution in [0.15, 0.2) is 36.5 Å². The highest BCUT2D eigenvalue weighted by Gasteiger charge is 2.42. The minimum absolute atomic E-state index is 0.250. The molecule has 2 aliphatic rings. The molecule has 0 spiro atoms. The number of carbonyl (C=O) groups is 1. The van der Waals surface area contributed by atoms with Crippen LogP contribution in [0.5, 0.6) is 11.5 Å². The van der Waals surface area contributed by atoms with Crippen LogP contribution in [0.1, 0.15) is 57.7 Å². The van der Waals surface area contributed by atoms with Crippen LogP contribution in [0.4, 0.5) is 4.79 Å². The molecule has 2 aliphatic heterocycles. The number of rotatable bonds is 2. The van der Waals surface area contributed by atoms with E-state index in [0.717, 1.165) is 24.2 Å². The number of benzene rings is 1. The number of halogens is 1. The third kappa shape index (κ3) is 4.19. The number of hydrogen-bond acceptors (Lipinski definition) is 5. The predicted octanol–water partition coefficient (Wildman–Crippen LogP) is 5.49. The molecule has 3 heterocycles. The quantitative estimate of drug-likeness (QED) is 0.630. The summed E-state index contributed by atoms with van der Waals surface area (Å²) in [5.41, 5.74) is 1.28. The van der Waals surface area contributed by atoms with Gasteiger partial charge in [-0.2, -0.15) is 0 Å². The molecule has 0 unspecified atom stereocenters. The van der Waals surface area contributed by atoms with Gasteiger partial charge in [-0.3, -0.25) is 4.98 Å². The van der Waals surface area contributed by atoms with E-state index in [1.54, 1.807) is 17.2 Å². The van der Waals surface area contributed by atoms with Crippen molar-refractivity contribution in [3.05, 3.63) is 52.8 Å². The lowest BCUT2D eigenvalue weighted by molar-refractivity contribution is -0.0722. The smallest absolute Gasteiger partial charge is 0.410 e. The Kier molecular flexibility index (Phi) is 5.30. The van der Waals surface area contributed by atoms with E-state index in [4.69, 9.17) is 25.8 Å². The summed E-state index contributed by atoms with van der Waals surface area (Å²) in [6.07, 6.45) is 3.02. The molecule has 0 N–H and O–H groups in total. The summed E-state index contributed by atoms with van der Waals surface area (Å²) in [4.78, 5) is 18.5. The number of piperidine rings is 1. The number of pyridine rings is 1. The van der Waals surface area contributed by atoms with Gasteiger partial charge in [-0.25, -0.2) is 4.79 Å². The van der Waals surface area contributed by atoms with E-state index in [0.29, 0.717) is 29.6 Å². The number of amides is 1. The molecule has 0 radical (unpaired) electrons. The van der Waals surface area contributed by atoms with Gasteiger partial charge in [-0.05, 0) is 57.7 Å². The van der Waals surface area contributed by atoms with Crippen molar-refractivity contribution >= 4 is 17.7 Å². The Morgan fingerprint density at radius 2 is 1.93 bits per heavy atom. The van der Waals surface area contributed by atoms with Crippen LogP contribution in [0, 0.1) is 0 Å². The number of aromatic nitrogens is 1. The van der Waals surface area contributed by atoms with Gasteiger partial charge in [0.2, 0.25) is 0 Å². The summed E-state index contributed by atoms with van der Waals surface area (Å²) < 4.78 is 18.0. The van der Waals surface area contributed by atoms with Gasteiger partial charge in [0.05, 0.1) is 5.02 Å². The molecule has 0 bridgehead atoms. The van der Waals surface area contributed by atoms with E-state index in [-0.39, 0.29) is 12.0 Å². The van der Waals surface area contributed by atoms with Gasteiger partial charge in [0, 0.05) is 31.8 Å². The highest BCUT2D eigenvalue weighted by molar-refractivity contribution is 6.30. The first-order valence-corrected chi connectivity index (χ1v) is 10.6. The summed E-state index contributed by atoms with van der Waals surface area (Å²) in [5.74, 6) is 0.747. The lowest BCUT2D eigenvalue weighted by Gasteiger charge is -2.34. The largest absolute Gasteiger partial charge is 0.444 e. The first-order valence-electron chi connectivity index (χ1n) is 10.3. The third-order valence-electron chi connectivity index (χ3n) is 5.39. The molecule has 7 heteroatoms. The zero-order valence-corrected chi connectivity index (χ0v) is 18.5. The molecule has 1 aromatic carbocycles. The predicted molar refractivity (Wildman–Crippen MR) is 114 cm³/mol. The lowest BCUT2D eigenvalue weighted by Crippen LogP contribution is -2.41. The molecule has 1 aromatic heterocycles. The number of ether oxygens (including phenoxy) is 3. The Morgan fingerprint density at radius 3 is 2.57 bits per heavy atom. The second-order valence-corrected chi connectivity index (χ2v) is 9.36. The van der Waals surface area contributed by atoms with Crippen molar-refractivity contribution in [1.82, 2.24) is 9.88 Å². The van der Waals surface area contributed by atoms with Crippen molar-refractivity contribution < 1.29 is 19.0 Å². The van der Waals surface area contributed by atoms with E-state index >= 15 is 0 Å². The Bertz CT molecular complexity index is 933. The molecule has 1 fully saturated rings. The zero-order chi connectivity index (χ0) is 21.5. The van der Waals surface area contributed by atoms with Crippen molar-refractivity contribution in [2.75, 3.05) is 13.1 Å².